The molecule has 1 saturated heterocycles. The zero-order chi connectivity index (χ0) is 18.3. The zero-order valence-corrected chi connectivity index (χ0v) is 13.9. The van der Waals surface area contributed by atoms with Crippen LogP contribution in [0.15, 0.2) is 42.5 Å². The SMILES string of the molecule is Fc1ccccc1CN1CCC(c2nc3ccc(C(F)(F)F)cc3[nH]2)C1. The molecule has 0 saturated carbocycles. The van der Waals surface area contributed by atoms with Crippen LogP contribution < -0.4 is 0 Å². The Morgan fingerprint density at radius 3 is 2.73 bits per heavy atom. The fourth-order valence-corrected chi connectivity index (χ4v) is 3.47. The Balaban J connectivity index is 1.51. The summed E-state index contributed by atoms with van der Waals surface area (Å²) in [5.74, 6) is 0.568. The topological polar surface area (TPSA) is 31.9 Å². The molecule has 0 aliphatic carbocycles. The van der Waals surface area contributed by atoms with E-state index in [9.17, 15) is 17.6 Å². The number of rotatable bonds is 3. The zero-order valence-electron chi connectivity index (χ0n) is 13.9. The molecule has 1 atom stereocenters. The van der Waals surface area contributed by atoms with Gasteiger partial charge in [-0.25, -0.2) is 9.37 Å². The molecule has 3 nitrogen and oxygen atoms in total. The number of halogens is 4. The molecule has 0 amide bonds. The van der Waals surface area contributed by atoms with E-state index < -0.39 is 11.7 Å². The van der Waals surface area contributed by atoms with Gasteiger partial charge >= 0.3 is 6.18 Å². The van der Waals surface area contributed by atoms with E-state index in [-0.39, 0.29) is 11.7 Å². The first kappa shape index (κ1) is 17.0. The largest absolute Gasteiger partial charge is 0.416 e. The Bertz CT molecular complexity index is 932. The summed E-state index contributed by atoms with van der Waals surface area (Å²) in [6.45, 7) is 2.01. The van der Waals surface area contributed by atoms with Crippen LogP contribution in [0.4, 0.5) is 17.6 Å². The van der Waals surface area contributed by atoms with Crippen LogP contribution >= 0.6 is 0 Å². The maximum Gasteiger partial charge on any atom is 0.416 e. The van der Waals surface area contributed by atoms with E-state index in [1.165, 1.54) is 12.1 Å². The maximum atomic E-state index is 13.8. The molecule has 3 aromatic rings. The summed E-state index contributed by atoms with van der Waals surface area (Å²) in [5, 5.41) is 0. The van der Waals surface area contributed by atoms with Crippen molar-refractivity contribution in [2.24, 2.45) is 0 Å². The van der Waals surface area contributed by atoms with Crippen LogP contribution in [0.5, 0.6) is 0 Å². The highest BCUT2D eigenvalue weighted by molar-refractivity contribution is 5.76. The lowest BCUT2D eigenvalue weighted by Gasteiger charge is -2.15. The van der Waals surface area contributed by atoms with Gasteiger partial charge in [0.1, 0.15) is 11.6 Å². The summed E-state index contributed by atoms with van der Waals surface area (Å²) < 4.78 is 52.3. The molecule has 0 spiro atoms. The van der Waals surface area contributed by atoms with Crippen molar-refractivity contribution < 1.29 is 17.6 Å². The van der Waals surface area contributed by atoms with Crippen LogP contribution in [0.2, 0.25) is 0 Å². The number of imidazole rings is 1. The predicted molar refractivity (Wildman–Crippen MR) is 90.1 cm³/mol. The lowest BCUT2D eigenvalue weighted by atomic mass is 10.1. The number of benzene rings is 2. The highest BCUT2D eigenvalue weighted by atomic mass is 19.4. The number of alkyl halides is 3. The van der Waals surface area contributed by atoms with Crippen LogP contribution in [-0.4, -0.2) is 28.0 Å². The number of nitrogens with zero attached hydrogens (tertiary/aromatic N) is 2. The molecule has 0 radical (unpaired) electrons. The van der Waals surface area contributed by atoms with Crippen molar-refractivity contribution >= 4 is 11.0 Å². The molecule has 2 aromatic carbocycles. The normalized spacial score (nSPS) is 18.7. The monoisotopic (exact) mass is 363 g/mol. The van der Waals surface area contributed by atoms with Gasteiger partial charge in [0.2, 0.25) is 0 Å². The second kappa shape index (κ2) is 6.39. The quantitative estimate of drug-likeness (QED) is 0.684. The summed E-state index contributed by atoms with van der Waals surface area (Å²) >= 11 is 0. The first-order chi connectivity index (χ1) is 12.4. The molecular formula is C19H17F4N3. The fourth-order valence-electron chi connectivity index (χ4n) is 3.47. The van der Waals surface area contributed by atoms with Gasteiger partial charge in [-0.15, -0.1) is 0 Å². The summed E-state index contributed by atoms with van der Waals surface area (Å²) in [5.41, 5.74) is 0.878. The average molecular weight is 363 g/mol. The third kappa shape index (κ3) is 3.31. The Labute approximate surface area is 147 Å². The van der Waals surface area contributed by atoms with Crippen molar-refractivity contribution in [2.45, 2.75) is 25.1 Å². The van der Waals surface area contributed by atoms with Crippen LogP contribution in [0.1, 0.15) is 29.3 Å². The average Bonchev–Trinajstić information content (AvgIpc) is 3.21. The molecule has 26 heavy (non-hydrogen) atoms. The van der Waals surface area contributed by atoms with Gasteiger partial charge in [0.05, 0.1) is 16.6 Å². The van der Waals surface area contributed by atoms with Crippen molar-refractivity contribution in [1.29, 1.82) is 0 Å². The Morgan fingerprint density at radius 2 is 1.96 bits per heavy atom. The van der Waals surface area contributed by atoms with Crippen LogP contribution in [0.25, 0.3) is 11.0 Å². The second-order valence-electron chi connectivity index (χ2n) is 6.66. The first-order valence-corrected chi connectivity index (χ1v) is 8.43. The van der Waals surface area contributed by atoms with Crippen molar-refractivity contribution in [3.63, 3.8) is 0 Å². The van der Waals surface area contributed by atoms with E-state index in [2.05, 4.69) is 14.9 Å². The number of H-pyrrole nitrogens is 1. The minimum absolute atomic E-state index is 0.100. The first-order valence-electron chi connectivity index (χ1n) is 8.43. The number of fused-ring (bicyclic) bond motifs is 1. The number of hydrogen-bond donors (Lipinski definition) is 1. The summed E-state index contributed by atoms with van der Waals surface area (Å²) in [6.07, 6.45) is -3.54. The molecule has 7 heteroatoms. The highest BCUT2D eigenvalue weighted by Crippen LogP contribution is 2.32. The number of likely N-dealkylation sites (tertiary alicyclic amines) is 1. The number of aromatic nitrogens is 2. The number of nitrogens with one attached hydrogen (secondary N) is 1. The summed E-state index contributed by atoms with van der Waals surface area (Å²) in [4.78, 5) is 9.62. The van der Waals surface area contributed by atoms with Gasteiger partial charge in [0.25, 0.3) is 0 Å². The lowest BCUT2D eigenvalue weighted by molar-refractivity contribution is -0.137. The maximum absolute atomic E-state index is 13.8. The van der Waals surface area contributed by atoms with E-state index in [1.54, 1.807) is 12.1 Å². The molecule has 136 valence electrons. The molecule has 1 aliphatic rings. The third-order valence-electron chi connectivity index (χ3n) is 4.84. The highest BCUT2D eigenvalue weighted by Gasteiger charge is 2.31. The van der Waals surface area contributed by atoms with Gasteiger partial charge in [-0.05, 0) is 37.2 Å². The van der Waals surface area contributed by atoms with Gasteiger partial charge in [0, 0.05) is 24.6 Å². The molecule has 1 unspecified atom stereocenters. The van der Waals surface area contributed by atoms with E-state index >= 15 is 0 Å². The summed E-state index contributed by atoms with van der Waals surface area (Å²) in [6, 6.07) is 10.2. The lowest BCUT2D eigenvalue weighted by Crippen LogP contribution is -2.20. The minimum atomic E-state index is -4.37. The number of hydrogen-bond acceptors (Lipinski definition) is 2. The molecular weight excluding hydrogens is 346 g/mol. The Hall–Kier alpha value is -2.41. The smallest absolute Gasteiger partial charge is 0.342 e. The molecule has 1 N–H and O–H groups in total. The molecule has 0 bridgehead atoms. The van der Waals surface area contributed by atoms with Crippen molar-refractivity contribution in [3.8, 4) is 0 Å². The van der Waals surface area contributed by atoms with Gasteiger partial charge in [-0.3, -0.25) is 4.90 Å². The molecule has 2 heterocycles. The molecule has 1 fully saturated rings. The molecule has 4 rings (SSSR count). The van der Waals surface area contributed by atoms with E-state index in [0.717, 1.165) is 25.1 Å². The van der Waals surface area contributed by atoms with Crippen LogP contribution in [-0.2, 0) is 12.7 Å². The van der Waals surface area contributed by atoms with Gasteiger partial charge in [0.15, 0.2) is 0 Å². The standard InChI is InChI=1S/C19H17F4N3/c20-15-4-2-1-3-12(15)10-26-8-7-13(11-26)18-24-16-6-5-14(19(21,22)23)9-17(16)25-18/h1-6,9,13H,7-8,10-11H2,(H,24,25). The van der Waals surface area contributed by atoms with Crippen LogP contribution in [0.3, 0.4) is 0 Å². The third-order valence-corrected chi connectivity index (χ3v) is 4.84. The van der Waals surface area contributed by atoms with Gasteiger partial charge in [-0.2, -0.15) is 13.2 Å². The van der Waals surface area contributed by atoms with E-state index in [0.29, 0.717) is 35.5 Å². The van der Waals surface area contributed by atoms with Crippen molar-refractivity contribution in [2.75, 3.05) is 13.1 Å². The van der Waals surface area contributed by atoms with E-state index in [1.807, 2.05) is 6.07 Å². The van der Waals surface area contributed by atoms with Crippen molar-refractivity contribution in [1.82, 2.24) is 14.9 Å². The van der Waals surface area contributed by atoms with Gasteiger partial charge in [-0.1, -0.05) is 18.2 Å². The number of aromatic amines is 1. The van der Waals surface area contributed by atoms with Gasteiger partial charge < -0.3 is 4.98 Å². The molecule has 1 aliphatic heterocycles. The molecule has 1 aromatic heterocycles. The Kier molecular flexibility index (Phi) is 4.19. The van der Waals surface area contributed by atoms with E-state index in [4.69, 9.17) is 0 Å². The van der Waals surface area contributed by atoms with Crippen molar-refractivity contribution in [3.05, 3.63) is 65.2 Å². The Morgan fingerprint density at radius 1 is 1.15 bits per heavy atom. The minimum Gasteiger partial charge on any atom is -0.342 e. The van der Waals surface area contributed by atoms with Crippen LogP contribution in [0, 0.1) is 5.82 Å². The fraction of sp³-hybridized carbons (Fsp3) is 0.316. The second-order valence-corrected chi connectivity index (χ2v) is 6.66. The predicted octanol–water partition coefficient (Wildman–Crippen LogP) is 4.71. The summed E-state index contributed by atoms with van der Waals surface area (Å²) in [7, 11) is 0.